The Morgan fingerprint density at radius 3 is 1.48 bits per heavy atom. The normalized spacial score (nSPS) is 10.9. The summed E-state index contributed by atoms with van der Waals surface area (Å²) in [6.07, 6.45) is 2.68. The maximum atomic E-state index is 6.59. The summed E-state index contributed by atoms with van der Waals surface area (Å²) in [5.74, 6) is 0. The molecule has 124 valence electrons. The first-order valence-electron chi connectivity index (χ1n) is 8.53. The fraction of sp³-hybridized carbons (Fsp3) is 0.125. The van der Waals surface area contributed by atoms with Gasteiger partial charge in [0, 0.05) is 0 Å². The van der Waals surface area contributed by atoms with E-state index in [2.05, 4.69) is 85.1 Å². The smallest absolute Gasteiger partial charge is 0.143 e. The average molecular weight is 326 g/mol. The first-order chi connectivity index (χ1) is 12.4. The van der Waals surface area contributed by atoms with Crippen molar-refractivity contribution in [1.82, 2.24) is 0 Å². The van der Waals surface area contributed by atoms with E-state index in [1.54, 1.807) is 0 Å². The van der Waals surface area contributed by atoms with Crippen LogP contribution in [0.5, 0.6) is 0 Å². The molecular formula is C24H22O. The quantitative estimate of drug-likeness (QED) is 0.306. The van der Waals surface area contributed by atoms with Gasteiger partial charge >= 0.3 is 0 Å². The fourth-order valence-corrected chi connectivity index (χ4v) is 3.14. The highest BCUT2D eigenvalue weighted by Crippen LogP contribution is 2.40. The van der Waals surface area contributed by atoms with Crippen LogP contribution in [-0.4, -0.2) is 6.61 Å². The molecule has 0 saturated heterocycles. The van der Waals surface area contributed by atoms with Crippen molar-refractivity contribution in [1.29, 1.82) is 0 Å². The molecule has 25 heavy (non-hydrogen) atoms. The molecule has 0 fully saturated rings. The fourth-order valence-electron chi connectivity index (χ4n) is 3.14. The minimum atomic E-state index is -0.640. The van der Waals surface area contributed by atoms with Crippen LogP contribution in [0, 0.1) is 0 Å². The molecule has 0 aliphatic rings. The molecule has 0 unspecified atom stereocenters. The monoisotopic (exact) mass is 326 g/mol. The van der Waals surface area contributed by atoms with E-state index in [1.165, 1.54) is 0 Å². The van der Waals surface area contributed by atoms with Gasteiger partial charge in [-0.25, -0.2) is 0 Å². The number of rotatable bonds is 7. The van der Waals surface area contributed by atoms with Crippen molar-refractivity contribution in [3.63, 3.8) is 0 Å². The topological polar surface area (TPSA) is 9.23 Å². The van der Waals surface area contributed by atoms with Crippen LogP contribution in [0.2, 0.25) is 0 Å². The third kappa shape index (κ3) is 3.64. The highest BCUT2D eigenvalue weighted by atomic mass is 16.5. The van der Waals surface area contributed by atoms with E-state index in [-0.39, 0.29) is 0 Å². The molecule has 0 spiro atoms. The van der Waals surface area contributed by atoms with Crippen LogP contribution in [-0.2, 0) is 10.3 Å². The lowest BCUT2D eigenvalue weighted by Crippen LogP contribution is -2.33. The summed E-state index contributed by atoms with van der Waals surface area (Å²) in [7, 11) is 0. The van der Waals surface area contributed by atoms with Crippen molar-refractivity contribution in [2.45, 2.75) is 12.0 Å². The molecule has 0 atom stereocenters. The highest BCUT2D eigenvalue weighted by Gasteiger charge is 2.37. The largest absolute Gasteiger partial charge is 0.360 e. The van der Waals surface area contributed by atoms with Gasteiger partial charge in [0.05, 0.1) is 6.61 Å². The molecular weight excluding hydrogens is 304 g/mol. The lowest BCUT2D eigenvalue weighted by atomic mass is 9.80. The van der Waals surface area contributed by atoms with Crippen LogP contribution in [0.25, 0.3) is 0 Å². The van der Waals surface area contributed by atoms with E-state index >= 15 is 0 Å². The van der Waals surface area contributed by atoms with Crippen LogP contribution in [0.3, 0.4) is 0 Å². The molecule has 0 amide bonds. The van der Waals surface area contributed by atoms with E-state index in [1.807, 2.05) is 24.3 Å². The molecule has 1 nitrogen and oxygen atoms in total. The van der Waals surface area contributed by atoms with Gasteiger partial charge in [-0.3, -0.25) is 0 Å². The second-order valence-electron chi connectivity index (χ2n) is 5.82. The van der Waals surface area contributed by atoms with Crippen LogP contribution in [0.4, 0.5) is 0 Å². The third-order valence-electron chi connectivity index (χ3n) is 4.27. The second kappa shape index (κ2) is 8.30. The number of hydrogen-bond acceptors (Lipinski definition) is 1. The molecule has 3 aromatic rings. The highest BCUT2D eigenvalue weighted by molar-refractivity contribution is 5.47. The Labute approximate surface area is 149 Å². The van der Waals surface area contributed by atoms with Gasteiger partial charge in [0.2, 0.25) is 0 Å². The van der Waals surface area contributed by atoms with Crippen LogP contribution in [0.15, 0.2) is 109 Å². The van der Waals surface area contributed by atoms with Crippen LogP contribution < -0.4 is 0 Å². The summed E-state index contributed by atoms with van der Waals surface area (Å²) in [5, 5.41) is 0. The summed E-state index contributed by atoms with van der Waals surface area (Å²) < 4.78 is 6.59. The Hall–Kier alpha value is -2.86. The molecule has 0 heterocycles. The van der Waals surface area contributed by atoms with Crippen molar-refractivity contribution in [2.75, 3.05) is 6.61 Å². The third-order valence-corrected chi connectivity index (χ3v) is 4.27. The maximum Gasteiger partial charge on any atom is 0.143 e. The van der Waals surface area contributed by atoms with Crippen molar-refractivity contribution in [3.05, 3.63) is 126 Å². The van der Waals surface area contributed by atoms with Gasteiger partial charge in [-0.05, 0) is 29.2 Å². The van der Waals surface area contributed by atoms with E-state index in [0.717, 1.165) is 23.1 Å². The van der Waals surface area contributed by atoms with Crippen molar-refractivity contribution in [3.8, 4) is 0 Å². The first kappa shape index (κ1) is 17.0. The van der Waals surface area contributed by atoms with Crippen LogP contribution >= 0.6 is 0 Å². The number of ether oxygens (including phenoxy) is 1. The van der Waals surface area contributed by atoms with Gasteiger partial charge in [-0.15, -0.1) is 5.73 Å². The zero-order chi connectivity index (χ0) is 17.4. The number of benzene rings is 3. The Bertz CT molecular complexity index is 719. The maximum absolute atomic E-state index is 6.59. The summed E-state index contributed by atoms with van der Waals surface area (Å²) >= 11 is 0. The summed E-state index contributed by atoms with van der Waals surface area (Å²) in [5.41, 5.74) is 5.54. The Morgan fingerprint density at radius 1 is 0.720 bits per heavy atom. The van der Waals surface area contributed by atoms with Gasteiger partial charge < -0.3 is 4.74 Å². The predicted molar refractivity (Wildman–Crippen MR) is 103 cm³/mol. The summed E-state index contributed by atoms with van der Waals surface area (Å²) in [6.45, 7) is 4.22. The Balaban J connectivity index is 2.18. The van der Waals surface area contributed by atoms with Gasteiger partial charge in [0.15, 0.2) is 0 Å². The van der Waals surface area contributed by atoms with Crippen molar-refractivity contribution in [2.24, 2.45) is 0 Å². The molecule has 3 aromatic carbocycles. The molecule has 0 aliphatic heterocycles. The van der Waals surface area contributed by atoms with E-state index < -0.39 is 5.60 Å². The zero-order valence-electron chi connectivity index (χ0n) is 14.3. The van der Waals surface area contributed by atoms with Gasteiger partial charge in [0.1, 0.15) is 5.60 Å². The molecule has 0 saturated carbocycles. The average Bonchev–Trinajstić information content (AvgIpc) is 2.70. The molecule has 0 aliphatic carbocycles. The molecule has 0 radical (unpaired) electrons. The predicted octanol–water partition coefficient (Wildman–Crippen LogP) is 5.73. The molecule has 0 bridgehead atoms. The molecule has 0 aromatic heterocycles. The number of hydrogen-bond donors (Lipinski definition) is 0. The molecule has 3 rings (SSSR count). The van der Waals surface area contributed by atoms with Gasteiger partial charge in [0.25, 0.3) is 0 Å². The lowest BCUT2D eigenvalue weighted by molar-refractivity contribution is 0.0157. The van der Waals surface area contributed by atoms with E-state index in [0.29, 0.717) is 6.61 Å². The summed E-state index contributed by atoms with van der Waals surface area (Å²) in [6, 6.07) is 31.2. The SMILES string of the molecule is C=C=CCCOC(c1ccccc1)(c1ccccc1)c1ccccc1. The molecule has 1 heteroatoms. The van der Waals surface area contributed by atoms with Gasteiger partial charge in [-0.2, -0.15) is 0 Å². The van der Waals surface area contributed by atoms with E-state index in [9.17, 15) is 0 Å². The van der Waals surface area contributed by atoms with Crippen molar-refractivity contribution < 1.29 is 4.74 Å². The Morgan fingerprint density at radius 2 is 1.12 bits per heavy atom. The zero-order valence-corrected chi connectivity index (χ0v) is 14.3. The minimum absolute atomic E-state index is 0.585. The van der Waals surface area contributed by atoms with Crippen molar-refractivity contribution >= 4 is 0 Å². The van der Waals surface area contributed by atoms with E-state index in [4.69, 9.17) is 4.74 Å². The second-order valence-corrected chi connectivity index (χ2v) is 5.82. The lowest BCUT2D eigenvalue weighted by Gasteiger charge is -2.36. The standard InChI is InChI=1S/C24H22O/c1-2-3-13-20-25-24(21-14-7-4-8-15-21,22-16-9-5-10-17-22)23-18-11-6-12-19-23/h3-12,14-19H,1,13,20H2. The first-order valence-corrected chi connectivity index (χ1v) is 8.53. The summed E-state index contributed by atoms with van der Waals surface area (Å²) in [4.78, 5) is 0. The molecule has 0 N–H and O–H groups in total. The van der Waals surface area contributed by atoms with Crippen LogP contribution in [0.1, 0.15) is 23.1 Å². The minimum Gasteiger partial charge on any atom is -0.360 e. The van der Waals surface area contributed by atoms with Gasteiger partial charge in [-0.1, -0.05) is 97.6 Å². The Kier molecular flexibility index (Phi) is 5.64.